The third-order valence-corrected chi connectivity index (χ3v) is 6.38. The summed E-state index contributed by atoms with van der Waals surface area (Å²) in [5, 5.41) is 0. The standard InChI is InChI=1S/C21H30N2O2/c1-14(2)23-16-7-8-17(23)13-22(10-9-16)21(24)20-12-19(20)15-5-4-6-18(11-15)25-3/h4-6,11,14,16-17,19-20H,7-10,12-13H2,1-3H3/t16-,17+,19-,20+/m1/s1. The summed E-state index contributed by atoms with van der Waals surface area (Å²) in [5.74, 6) is 1.82. The summed E-state index contributed by atoms with van der Waals surface area (Å²) in [7, 11) is 1.70. The monoisotopic (exact) mass is 342 g/mol. The zero-order valence-electron chi connectivity index (χ0n) is 15.6. The molecule has 3 aliphatic rings. The number of hydrogen-bond acceptors (Lipinski definition) is 3. The van der Waals surface area contributed by atoms with Crippen molar-refractivity contribution < 1.29 is 9.53 Å². The molecule has 4 nitrogen and oxygen atoms in total. The number of fused-ring (bicyclic) bond motifs is 2. The van der Waals surface area contributed by atoms with Gasteiger partial charge in [0, 0.05) is 37.1 Å². The predicted molar refractivity (Wildman–Crippen MR) is 98.8 cm³/mol. The molecule has 3 fully saturated rings. The summed E-state index contributed by atoms with van der Waals surface area (Å²) in [6.45, 7) is 6.45. The van der Waals surface area contributed by atoms with Crippen molar-refractivity contribution in [1.82, 2.24) is 9.80 Å². The van der Waals surface area contributed by atoms with Crippen molar-refractivity contribution in [3.63, 3.8) is 0 Å². The van der Waals surface area contributed by atoms with E-state index in [0.717, 1.165) is 31.7 Å². The van der Waals surface area contributed by atoms with Gasteiger partial charge in [-0.25, -0.2) is 0 Å². The average molecular weight is 342 g/mol. The Hall–Kier alpha value is -1.55. The van der Waals surface area contributed by atoms with Crippen molar-refractivity contribution in [2.24, 2.45) is 5.92 Å². The van der Waals surface area contributed by atoms with Crippen LogP contribution >= 0.6 is 0 Å². The fraction of sp³-hybridized carbons (Fsp3) is 0.667. The van der Waals surface area contributed by atoms with Gasteiger partial charge in [0.1, 0.15) is 5.75 Å². The first kappa shape index (κ1) is 16.9. The van der Waals surface area contributed by atoms with E-state index in [2.05, 4.69) is 35.8 Å². The number of likely N-dealkylation sites (tertiary alicyclic amines) is 1. The Kier molecular flexibility index (Phi) is 4.48. The quantitative estimate of drug-likeness (QED) is 0.842. The number of ether oxygens (including phenoxy) is 1. The number of methoxy groups -OCH3 is 1. The number of carbonyl (C=O) groups is 1. The van der Waals surface area contributed by atoms with Crippen LogP contribution in [0.4, 0.5) is 0 Å². The molecule has 2 heterocycles. The number of nitrogens with zero attached hydrogens (tertiary/aromatic N) is 2. The van der Waals surface area contributed by atoms with E-state index in [1.807, 2.05) is 12.1 Å². The van der Waals surface area contributed by atoms with E-state index in [0.29, 0.717) is 30.0 Å². The van der Waals surface area contributed by atoms with Crippen molar-refractivity contribution in [3.05, 3.63) is 29.8 Å². The average Bonchev–Trinajstić information content (AvgIpc) is 3.33. The van der Waals surface area contributed by atoms with Crippen molar-refractivity contribution in [2.75, 3.05) is 20.2 Å². The van der Waals surface area contributed by atoms with Gasteiger partial charge in [-0.1, -0.05) is 12.1 Å². The summed E-state index contributed by atoms with van der Waals surface area (Å²) in [6.07, 6.45) is 4.68. The van der Waals surface area contributed by atoms with Gasteiger partial charge in [-0.15, -0.1) is 0 Å². The first-order chi connectivity index (χ1) is 12.1. The highest BCUT2D eigenvalue weighted by atomic mass is 16.5. The molecule has 1 saturated carbocycles. The lowest BCUT2D eigenvalue weighted by molar-refractivity contribution is -0.133. The van der Waals surface area contributed by atoms with Crippen molar-refractivity contribution >= 4 is 5.91 Å². The van der Waals surface area contributed by atoms with Crippen LogP contribution in [0.2, 0.25) is 0 Å². The van der Waals surface area contributed by atoms with Crippen LogP contribution in [0.15, 0.2) is 24.3 Å². The van der Waals surface area contributed by atoms with Gasteiger partial charge in [0.25, 0.3) is 0 Å². The molecule has 4 rings (SSSR count). The molecule has 136 valence electrons. The van der Waals surface area contributed by atoms with E-state index in [4.69, 9.17) is 4.74 Å². The highest BCUT2D eigenvalue weighted by molar-refractivity contribution is 5.83. The van der Waals surface area contributed by atoms with Gasteiger partial charge in [0.15, 0.2) is 0 Å². The Balaban J connectivity index is 1.42. The van der Waals surface area contributed by atoms with Gasteiger partial charge in [-0.2, -0.15) is 0 Å². The largest absolute Gasteiger partial charge is 0.497 e. The van der Waals surface area contributed by atoms with Crippen LogP contribution in [0.5, 0.6) is 5.75 Å². The maximum Gasteiger partial charge on any atom is 0.226 e. The molecule has 2 bridgehead atoms. The van der Waals surface area contributed by atoms with Crippen LogP contribution in [-0.4, -0.2) is 54.0 Å². The van der Waals surface area contributed by atoms with Gasteiger partial charge in [-0.3, -0.25) is 9.69 Å². The molecule has 0 aromatic heterocycles. The maximum absolute atomic E-state index is 13.1. The zero-order valence-corrected chi connectivity index (χ0v) is 15.6. The molecule has 1 amide bonds. The van der Waals surface area contributed by atoms with E-state index in [9.17, 15) is 4.79 Å². The molecule has 1 aromatic rings. The lowest BCUT2D eigenvalue weighted by Crippen LogP contribution is -2.44. The van der Waals surface area contributed by atoms with Crippen LogP contribution in [-0.2, 0) is 4.79 Å². The molecule has 4 heteroatoms. The molecule has 25 heavy (non-hydrogen) atoms. The molecule has 0 unspecified atom stereocenters. The Morgan fingerprint density at radius 2 is 2.00 bits per heavy atom. The normalized spacial score (nSPS) is 31.9. The molecule has 4 atom stereocenters. The molecule has 0 radical (unpaired) electrons. The molecule has 2 saturated heterocycles. The molecule has 1 aromatic carbocycles. The second-order valence-electron chi connectivity index (χ2n) is 8.22. The van der Waals surface area contributed by atoms with E-state index in [1.165, 1.54) is 18.4 Å². The fourth-order valence-electron chi connectivity index (χ4n) is 5.10. The summed E-state index contributed by atoms with van der Waals surface area (Å²) in [6, 6.07) is 10.0. The molecular formula is C21H30N2O2. The first-order valence-corrected chi connectivity index (χ1v) is 9.78. The van der Waals surface area contributed by atoms with Crippen molar-refractivity contribution in [1.29, 1.82) is 0 Å². The maximum atomic E-state index is 13.1. The fourth-order valence-corrected chi connectivity index (χ4v) is 5.10. The van der Waals surface area contributed by atoms with Gasteiger partial charge >= 0.3 is 0 Å². The van der Waals surface area contributed by atoms with Gasteiger partial charge in [0.05, 0.1) is 7.11 Å². The Labute approximate surface area is 151 Å². The van der Waals surface area contributed by atoms with Crippen molar-refractivity contribution in [3.8, 4) is 5.75 Å². The minimum atomic E-state index is 0.177. The van der Waals surface area contributed by atoms with Gasteiger partial charge < -0.3 is 9.64 Å². The van der Waals surface area contributed by atoms with E-state index in [-0.39, 0.29) is 5.92 Å². The molecule has 1 aliphatic carbocycles. The summed E-state index contributed by atoms with van der Waals surface area (Å²) in [5.41, 5.74) is 1.25. The van der Waals surface area contributed by atoms with Crippen LogP contribution in [0.3, 0.4) is 0 Å². The Bertz CT molecular complexity index is 645. The SMILES string of the molecule is COc1cccc([C@H]2C[C@@H]2C(=O)N2CC[C@H]3CC[C@@H](C2)N3C(C)C)c1. The second kappa shape index (κ2) is 6.64. The third kappa shape index (κ3) is 3.17. The highest BCUT2D eigenvalue weighted by Gasteiger charge is 2.48. The van der Waals surface area contributed by atoms with E-state index in [1.54, 1.807) is 7.11 Å². The number of benzene rings is 1. The van der Waals surface area contributed by atoms with Crippen LogP contribution < -0.4 is 4.74 Å². The molecule has 0 N–H and O–H groups in total. The Morgan fingerprint density at radius 1 is 1.20 bits per heavy atom. The zero-order chi connectivity index (χ0) is 17.6. The van der Waals surface area contributed by atoms with Crippen LogP contribution in [0.1, 0.15) is 51.0 Å². The predicted octanol–water partition coefficient (Wildman–Crippen LogP) is 3.27. The second-order valence-corrected chi connectivity index (χ2v) is 8.22. The molecule has 2 aliphatic heterocycles. The van der Waals surface area contributed by atoms with Crippen LogP contribution in [0, 0.1) is 5.92 Å². The summed E-state index contributed by atoms with van der Waals surface area (Å²) < 4.78 is 5.33. The summed E-state index contributed by atoms with van der Waals surface area (Å²) >= 11 is 0. The number of carbonyl (C=O) groups excluding carboxylic acids is 1. The smallest absolute Gasteiger partial charge is 0.226 e. The van der Waals surface area contributed by atoms with Crippen molar-refractivity contribution in [2.45, 2.75) is 63.6 Å². The third-order valence-electron chi connectivity index (χ3n) is 6.38. The van der Waals surface area contributed by atoms with E-state index >= 15 is 0 Å². The Morgan fingerprint density at radius 3 is 2.76 bits per heavy atom. The van der Waals surface area contributed by atoms with Crippen LogP contribution in [0.25, 0.3) is 0 Å². The lowest BCUT2D eigenvalue weighted by atomic mass is 10.1. The number of rotatable bonds is 4. The minimum Gasteiger partial charge on any atom is -0.497 e. The van der Waals surface area contributed by atoms with E-state index < -0.39 is 0 Å². The lowest BCUT2D eigenvalue weighted by Gasteiger charge is -2.32. The van der Waals surface area contributed by atoms with Gasteiger partial charge in [-0.05, 0) is 63.1 Å². The molecule has 0 spiro atoms. The summed E-state index contributed by atoms with van der Waals surface area (Å²) in [4.78, 5) is 17.9. The number of hydrogen-bond donors (Lipinski definition) is 0. The first-order valence-electron chi connectivity index (χ1n) is 9.78. The molecular weight excluding hydrogens is 312 g/mol. The minimum absolute atomic E-state index is 0.177. The number of amides is 1. The highest BCUT2D eigenvalue weighted by Crippen LogP contribution is 2.49. The van der Waals surface area contributed by atoms with Gasteiger partial charge in [0.2, 0.25) is 5.91 Å². The topological polar surface area (TPSA) is 32.8 Å².